The first-order valence-electron chi connectivity index (χ1n) is 0.239. The van der Waals surface area contributed by atoms with Crippen molar-refractivity contribution < 1.29 is 12.7 Å². The van der Waals surface area contributed by atoms with Crippen LogP contribution < -0.4 is 0 Å². The summed E-state index contributed by atoms with van der Waals surface area (Å²) in [5.41, 5.74) is 0. The number of rotatable bonds is 0. The third-order valence-corrected chi connectivity index (χ3v) is 0. The summed E-state index contributed by atoms with van der Waals surface area (Å²) in [6.07, 6.45) is 0. The van der Waals surface area contributed by atoms with E-state index < -0.39 is 0 Å². The molecule has 0 atom stereocenters. The van der Waals surface area contributed by atoms with E-state index in [2.05, 4.69) is 0 Å². The Kier molecular flexibility index (Phi) is 20.2. The average Bonchev–Trinajstić information content (AvgIpc) is 0.918. The second-order valence-electron chi connectivity index (χ2n) is 0.0452. The molecule has 27 valence electrons. The van der Waals surface area contributed by atoms with Gasteiger partial charge in [0.25, 0.3) is 0 Å². The van der Waals surface area contributed by atoms with Gasteiger partial charge in [-0.3, -0.25) is 0 Å². The molecule has 0 saturated carbocycles. The maximum absolute atomic E-state index is 4.70. The Bertz CT molecular complexity index is 6.00. The van der Waals surface area contributed by atoms with Gasteiger partial charge in [-0.25, -0.2) is 0 Å². The molecule has 3 radical (unpaired) electrons. The van der Waals surface area contributed by atoms with Gasteiger partial charge in [-0.05, 0) is 0 Å². The summed E-state index contributed by atoms with van der Waals surface area (Å²) in [7, 11) is 9.40. The van der Waals surface area contributed by atoms with Crippen molar-refractivity contribution in [3.05, 3.63) is 0 Å². The average molecular weight is 157 g/mol. The first-order valence-corrected chi connectivity index (χ1v) is 2.96. The molecule has 0 fully saturated rings. The van der Waals surface area contributed by atoms with Crippen LogP contribution in [0.1, 0.15) is 0 Å². The molecule has 0 N–H and O–H groups in total. The van der Waals surface area contributed by atoms with Gasteiger partial charge in [0.15, 0.2) is 0 Å². The maximum atomic E-state index is 4.70. The van der Waals surface area contributed by atoms with Crippen LogP contribution in [-0.2, 0) is 12.7 Å². The van der Waals surface area contributed by atoms with Crippen LogP contribution >= 0.6 is 20.4 Å². The minimum absolute atomic E-state index is 0. The summed E-state index contributed by atoms with van der Waals surface area (Å²) in [6.45, 7) is 0. The van der Waals surface area contributed by atoms with Crippen LogP contribution in [0.5, 0.6) is 0 Å². The molecule has 4 heteroatoms. The zero-order chi connectivity index (χ0) is 2.71. The summed E-state index contributed by atoms with van der Waals surface area (Å²) in [5.74, 6) is 0. The topological polar surface area (TPSA) is 0 Å². The van der Waals surface area contributed by atoms with Crippen molar-refractivity contribution in [2.45, 2.75) is 0 Å². The van der Waals surface area contributed by atoms with Crippen molar-refractivity contribution in [3.8, 4) is 0 Å². The van der Waals surface area contributed by atoms with Gasteiger partial charge in [-0.15, -0.1) is 0 Å². The molecule has 0 rings (SSSR count). The summed E-state index contributed by atoms with van der Waals surface area (Å²) in [6, 6.07) is 0. The van der Waals surface area contributed by atoms with Crippen molar-refractivity contribution in [3.63, 3.8) is 0 Å². The molecule has 0 aliphatic carbocycles. The Morgan fingerprint density at radius 1 is 1.25 bits per heavy atom. The number of halogens is 2. The van der Waals surface area contributed by atoms with E-state index in [1.54, 1.807) is 0 Å². The van der Waals surface area contributed by atoms with E-state index in [1.165, 1.54) is 0 Å². The molecule has 0 heterocycles. The quantitative estimate of drug-likeness (QED) is 0.459. The summed E-state index contributed by atoms with van der Waals surface area (Å²) >= 11 is 0.569. The molecule has 4 heavy (non-hydrogen) atoms. The molecule has 0 unspecified atom stereocenters. The van der Waals surface area contributed by atoms with Crippen molar-refractivity contribution >= 4 is 37.7 Å². The van der Waals surface area contributed by atoms with Gasteiger partial charge in [0, 0.05) is 17.4 Å². The molecule has 0 aromatic carbocycles. The van der Waals surface area contributed by atoms with Crippen molar-refractivity contribution in [2.75, 3.05) is 0 Å². The third kappa shape index (κ3) is 9.49. The van der Waals surface area contributed by atoms with Gasteiger partial charge in [0.05, 0.1) is 0 Å². The van der Waals surface area contributed by atoms with E-state index in [9.17, 15) is 0 Å². The summed E-state index contributed by atoms with van der Waals surface area (Å²) < 4.78 is 0. The van der Waals surface area contributed by atoms with Gasteiger partial charge >= 0.3 is 33.0 Å². The van der Waals surface area contributed by atoms with E-state index in [1.807, 2.05) is 0 Å². The molecular formula is AlCl2Ni. The first-order chi connectivity index (χ1) is 1.41. The predicted molar refractivity (Wildman–Crippen MR) is 17.5 cm³/mol. The molecule has 0 aromatic heterocycles. The van der Waals surface area contributed by atoms with Crippen LogP contribution in [0.2, 0.25) is 0 Å². The fourth-order valence-corrected chi connectivity index (χ4v) is 0. The zero-order valence-corrected chi connectivity index (χ0v) is 5.30. The van der Waals surface area contributed by atoms with Gasteiger partial charge in [0.1, 0.15) is 0 Å². The van der Waals surface area contributed by atoms with Gasteiger partial charge < -0.3 is 0 Å². The zero-order valence-electron chi connectivity index (χ0n) is 1.65. The molecule has 0 spiro atoms. The first kappa shape index (κ1) is 9.15. The van der Waals surface area contributed by atoms with Gasteiger partial charge in [-0.1, -0.05) is 0 Å². The van der Waals surface area contributed by atoms with Crippen LogP contribution in [0.3, 0.4) is 0 Å². The molecule has 0 bridgehead atoms. The SMILES string of the molecule is [Al].[Cl][Ni][Cl]. The molecule has 0 amide bonds. The Labute approximate surface area is 50.3 Å². The van der Waals surface area contributed by atoms with E-state index in [-0.39, 0.29) is 17.4 Å². The van der Waals surface area contributed by atoms with Crippen molar-refractivity contribution in [2.24, 2.45) is 0 Å². The Hall–Kier alpha value is 1.61. The Morgan fingerprint density at radius 2 is 1.25 bits per heavy atom. The van der Waals surface area contributed by atoms with Crippen LogP contribution in [0.4, 0.5) is 0 Å². The van der Waals surface area contributed by atoms with Gasteiger partial charge in [-0.2, -0.15) is 0 Å². The van der Waals surface area contributed by atoms with E-state index in [4.69, 9.17) is 20.4 Å². The molecular weight excluding hydrogens is 157 g/mol. The van der Waals surface area contributed by atoms with E-state index >= 15 is 0 Å². The third-order valence-electron chi connectivity index (χ3n) is 0. The number of hydrogen-bond acceptors (Lipinski definition) is 0. The van der Waals surface area contributed by atoms with Gasteiger partial charge in [0.2, 0.25) is 0 Å². The Morgan fingerprint density at radius 3 is 1.25 bits per heavy atom. The van der Waals surface area contributed by atoms with Crippen LogP contribution in [-0.4, -0.2) is 17.4 Å². The van der Waals surface area contributed by atoms with Crippen LogP contribution in [0.25, 0.3) is 0 Å². The molecule has 0 saturated heterocycles. The Balaban J connectivity index is 0. The van der Waals surface area contributed by atoms with E-state index in [0.717, 1.165) is 0 Å². The fraction of sp³-hybridized carbons (Fsp3) is 0. The molecule has 0 aliphatic rings. The van der Waals surface area contributed by atoms with Crippen LogP contribution in [0.15, 0.2) is 0 Å². The van der Waals surface area contributed by atoms with E-state index in [0.29, 0.717) is 12.7 Å². The van der Waals surface area contributed by atoms with Crippen LogP contribution in [0, 0.1) is 0 Å². The fourth-order valence-electron chi connectivity index (χ4n) is 0. The second-order valence-corrected chi connectivity index (χ2v) is 1.68. The summed E-state index contributed by atoms with van der Waals surface area (Å²) in [5, 5.41) is 0. The van der Waals surface area contributed by atoms with Crippen molar-refractivity contribution in [1.29, 1.82) is 0 Å². The predicted octanol–water partition coefficient (Wildman–Crippen LogP) is 0.996. The normalized spacial score (nSPS) is 5.50. The minimum atomic E-state index is 0. The molecule has 0 nitrogen and oxygen atoms in total. The molecule has 0 aliphatic heterocycles. The standard InChI is InChI=1S/Al.2ClH.Ni/h;2*1H;/q;;;+2/p-2. The summed E-state index contributed by atoms with van der Waals surface area (Å²) in [4.78, 5) is 0. The number of hydrogen-bond donors (Lipinski definition) is 0. The second kappa shape index (κ2) is 8.82. The van der Waals surface area contributed by atoms with Crippen molar-refractivity contribution in [1.82, 2.24) is 0 Å². The molecule has 0 aromatic rings. The monoisotopic (exact) mass is 155 g/mol.